The fourth-order valence-corrected chi connectivity index (χ4v) is 3.24. The zero-order valence-corrected chi connectivity index (χ0v) is 13.8. The number of furan rings is 1. The number of benzene rings is 2. The lowest BCUT2D eigenvalue weighted by atomic mass is 10.0. The molecule has 0 aliphatic carbocycles. The first-order valence-electron chi connectivity index (χ1n) is 8.37. The van der Waals surface area contributed by atoms with Crippen LogP contribution < -0.4 is 10.1 Å². The maximum absolute atomic E-state index is 12.1. The SMILES string of the molecule is O=C(Nc1n[nH]c2cc(-c3ccc4c(c3)CCO4)ccc12)c1ccco1. The number of ether oxygens (including phenoxy) is 1. The molecule has 2 aromatic carbocycles. The number of anilines is 1. The normalized spacial score (nSPS) is 12.8. The number of hydrogen-bond donors (Lipinski definition) is 2. The third kappa shape index (κ3) is 2.43. The molecule has 3 heterocycles. The van der Waals surface area contributed by atoms with Crippen LogP contribution in [0.2, 0.25) is 0 Å². The molecule has 0 fully saturated rings. The van der Waals surface area contributed by atoms with E-state index in [0.717, 1.165) is 40.8 Å². The molecule has 4 aromatic rings. The number of carbonyl (C=O) groups is 1. The number of aromatic amines is 1. The minimum atomic E-state index is -0.328. The first-order valence-corrected chi connectivity index (χ1v) is 8.37. The van der Waals surface area contributed by atoms with E-state index in [1.165, 1.54) is 11.8 Å². The second-order valence-electron chi connectivity index (χ2n) is 6.18. The van der Waals surface area contributed by atoms with Crippen molar-refractivity contribution < 1.29 is 13.9 Å². The van der Waals surface area contributed by atoms with E-state index in [9.17, 15) is 4.79 Å². The largest absolute Gasteiger partial charge is 0.493 e. The van der Waals surface area contributed by atoms with Crippen molar-refractivity contribution in [2.75, 3.05) is 11.9 Å². The maximum atomic E-state index is 12.1. The summed E-state index contributed by atoms with van der Waals surface area (Å²) in [4.78, 5) is 12.1. The quantitative estimate of drug-likeness (QED) is 0.588. The predicted molar refractivity (Wildman–Crippen MR) is 97.4 cm³/mol. The minimum Gasteiger partial charge on any atom is -0.493 e. The van der Waals surface area contributed by atoms with Gasteiger partial charge in [0.15, 0.2) is 11.6 Å². The average molecular weight is 345 g/mol. The van der Waals surface area contributed by atoms with E-state index < -0.39 is 0 Å². The molecular formula is C20H15N3O3. The highest BCUT2D eigenvalue weighted by molar-refractivity contribution is 6.06. The Morgan fingerprint density at radius 1 is 1.12 bits per heavy atom. The zero-order valence-electron chi connectivity index (χ0n) is 13.8. The van der Waals surface area contributed by atoms with Crippen molar-refractivity contribution in [1.82, 2.24) is 10.2 Å². The van der Waals surface area contributed by atoms with Crippen LogP contribution >= 0.6 is 0 Å². The number of amides is 1. The summed E-state index contributed by atoms with van der Waals surface area (Å²) in [5, 5.41) is 10.8. The second-order valence-corrected chi connectivity index (χ2v) is 6.18. The van der Waals surface area contributed by atoms with Gasteiger partial charge in [-0.15, -0.1) is 0 Å². The number of aromatic nitrogens is 2. The van der Waals surface area contributed by atoms with Crippen molar-refractivity contribution in [2.45, 2.75) is 6.42 Å². The highest BCUT2D eigenvalue weighted by atomic mass is 16.5. The Morgan fingerprint density at radius 3 is 2.88 bits per heavy atom. The van der Waals surface area contributed by atoms with Gasteiger partial charge in [0.25, 0.3) is 5.91 Å². The van der Waals surface area contributed by atoms with Gasteiger partial charge in [-0.1, -0.05) is 12.1 Å². The molecule has 2 N–H and O–H groups in total. The van der Waals surface area contributed by atoms with Crippen LogP contribution in [0.4, 0.5) is 5.82 Å². The van der Waals surface area contributed by atoms with E-state index in [-0.39, 0.29) is 11.7 Å². The zero-order chi connectivity index (χ0) is 17.5. The van der Waals surface area contributed by atoms with Gasteiger partial charge in [-0.25, -0.2) is 0 Å². The summed E-state index contributed by atoms with van der Waals surface area (Å²) >= 11 is 0. The lowest BCUT2D eigenvalue weighted by molar-refractivity contribution is 0.0996. The highest BCUT2D eigenvalue weighted by Gasteiger charge is 2.15. The topological polar surface area (TPSA) is 80.2 Å². The van der Waals surface area contributed by atoms with Gasteiger partial charge in [-0.05, 0) is 53.1 Å². The third-order valence-corrected chi connectivity index (χ3v) is 4.56. The van der Waals surface area contributed by atoms with Crippen LogP contribution in [0.3, 0.4) is 0 Å². The van der Waals surface area contributed by atoms with Gasteiger partial charge < -0.3 is 14.5 Å². The first-order chi connectivity index (χ1) is 12.8. The molecule has 6 heteroatoms. The summed E-state index contributed by atoms with van der Waals surface area (Å²) < 4.78 is 10.7. The molecule has 6 nitrogen and oxygen atoms in total. The van der Waals surface area contributed by atoms with Gasteiger partial charge in [-0.3, -0.25) is 9.89 Å². The Bertz CT molecular complexity index is 1110. The molecule has 1 aliphatic rings. The van der Waals surface area contributed by atoms with Crippen molar-refractivity contribution in [3.63, 3.8) is 0 Å². The van der Waals surface area contributed by atoms with Gasteiger partial charge in [0.2, 0.25) is 0 Å². The Balaban J connectivity index is 1.47. The van der Waals surface area contributed by atoms with Gasteiger partial charge in [-0.2, -0.15) is 5.10 Å². The van der Waals surface area contributed by atoms with E-state index in [1.807, 2.05) is 24.3 Å². The average Bonchev–Trinajstić information content (AvgIpc) is 3.41. The number of rotatable bonds is 3. The van der Waals surface area contributed by atoms with Crippen LogP contribution in [-0.4, -0.2) is 22.7 Å². The standard InChI is InChI=1S/C20H15N3O3/c24-20(18-2-1-8-25-18)21-19-15-5-3-13(11-16(15)22-23-19)12-4-6-17-14(10-12)7-9-26-17/h1-6,8,10-11H,7,9H2,(H2,21,22,23,24). The number of nitrogens with zero attached hydrogens (tertiary/aromatic N) is 1. The molecule has 26 heavy (non-hydrogen) atoms. The maximum Gasteiger partial charge on any atom is 0.292 e. The van der Waals surface area contributed by atoms with Crippen LogP contribution in [0.25, 0.3) is 22.0 Å². The molecule has 2 aromatic heterocycles. The molecule has 128 valence electrons. The Hall–Kier alpha value is -3.54. The van der Waals surface area contributed by atoms with E-state index in [2.05, 4.69) is 27.6 Å². The summed E-state index contributed by atoms with van der Waals surface area (Å²) in [5.74, 6) is 1.37. The summed E-state index contributed by atoms with van der Waals surface area (Å²) in [6, 6.07) is 15.5. The fraction of sp³-hybridized carbons (Fsp3) is 0.100. The van der Waals surface area contributed by atoms with Crippen molar-refractivity contribution in [1.29, 1.82) is 0 Å². The Labute approximate surface area is 148 Å². The van der Waals surface area contributed by atoms with Crippen LogP contribution in [0, 0.1) is 0 Å². The lowest BCUT2D eigenvalue weighted by Gasteiger charge is -2.05. The first kappa shape index (κ1) is 14.8. The summed E-state index contributed by atoms with van der Waals surface area (Å²) in [6.07, 6.45) is 2.41. The molecule has 1 aliphatic heterocycles. The number of H-pyrrole nitrogens is 1. The van der Waals surface area contributed by atoms with E-state index >= 15 is 0 Å². The van der Waals surface area contributed by atoms with Crippen molar-refractivity contribution >= 4 is 22.6 Å². The minimum absolute atomic E-state index is 0.248. The third-order valence-electron chi connectivity index (χ3n) is 4.56. The highest BCUT2D eigenvalue weighted by Crippen LogP contribution is 2.32. The van der Waals surface area contributed by atoms with Gasteiger partial charge in [0.05, 0.1) is 18.4 Å². The monoisotopic (exact) mass is 345 g/mol. The number of hydrogen-bond acceptors (Lipinski definition) is 4. The van der Waals surface area contributed by atoms with Crippen molar-refractivity contribution in [2.24, 2.45) is 0 Å². The summed E-state index contributed by atoms with van der Waals surface area (Å²) in [7, 11) is 0. The molecule has 0 saturated carbocycles. The molecule has 5 rings (SSSR count). The molecule has 0 saturated heterocycles. The molecule has 0 unspecified atom stereocenters. The van der Waals surface area contributed by atoms with Crippen LogP contribution in [0.15, 0.2) is 59.2 Å². The predicted octanol–water partition coefficient (Wildman–Crippen LogP) is 4.01. The second kappa shape index (κ2) is 5.77. The molecule has 0 spiro atoms. The number of carbonyl (C=O) groups excluding carboxylic acids is 1. The lowest BCUT2D eigenvalue weighted by Crippen LogP contribution is -2.11. The Kier molecular flexibility index (Phi) is 3.28. The molecule has 1 amide bonds. The molecule has 0 bridgehead atoms. The van der Waals surface area contributed by atoms with Crippen LogP contribution in [0.1, 0.15) is 16.1 Å². The van der Waals surface area contributed by atoms with Gasteiger partial charge >= 0.3 is 0 Å². The van der Waals surface area contributed by atoms with Gasteiger partial charge in [0, 0.05) is 11.8 Å². The molecule has 0 atom stereocenters. The van der Waals surface area contributed by atoms with E-state index in [0.29, 0.717) is 5.82 Å². The number of nitrogens with one attached hydrogen (secondary N) is 2. The smallest absolute Gasteiger partial charge is 0.292 e. The van der Waals surface area contributed by atoms with Crippen LogP contribution in [0.5, 0.6) is 5.75 Å². The molecular weight excluding hydrogens is 330 g/mol. The van der Waals surface area contributed by atoms with E-state index in [1.54, 1.807) is 12.1 Å². The Morgan fingerprint density at radius 2 is 2.00 bits per heavy atom. The molecule has 0 radical (unpaired) electrons. The van der Waals surface area contributed by atoms with Crippen LogP contribution in [-0.2, 0) is 6.42 Å². The summed E-state index contributed by atoms with van der Waals surface area (Å²) in [5.41, 5.74) is 4.30. The van der Waals surface area contributed by atoms with E-state index in [4.69, 9.17) is 9.15 Å². The fourth-order valence-electron chi connectivity index (χ4n) is 3.24. The van der Waals surface area contributed by atoms with Crippen molar-refractivity contribution in [3.05, 3.63) is 66.1 Å². The summed E-state index contributed by atoms with van der Waals surface area (Å²) in [6.45, 7) is 0.747. The van der Waals surface area contributed by atoms with Crippen molar-refractivity contribution in [3.8, 4) is 16.9 Å². The van der Waals surface area contributed by atoms with Gasteiger partial charge in [0.1, 0.15) is 5.75 Å². The number of fused-ring (bicyclic) bond motifs is 2.